The third-order valence-corrected chi connectivity index (χ3v) is 4.18. The van der Waals surface area contributed by atoms with Crippen LogP contribution in [0.3, 0.4) is 0 Å². The van der Waals surface area contributed by atoms with Gasteiger partial charge in [0.15, 0.2) is 5.82 Å². The number of hydrogen-bond donors (Lipinski definition) is 0. The van der Waals surface area contributed by atoms with E-state index in [2.05, 4.69) is 16.9 Å². The molecule has 1 aliphatic rings. The molecule has 0 bridgehead atoms. The zero-order chi connectivity index (χ0) is 13.2. The molecule has 2 heterocycles. The lowest BCUT2D eigenvalue weighted by molar-refractivity contribution is 0.321. The average Bonchev–Trinajstić information content (AvgIpc) is 2.80. The van der Waals surface area contributed by atoms with Crippen LogP contribution in [0, 0.1) is 0 Å². The monoisotopic (exact) mass is 272 g/mol. The van der Waals surface area contributed by atoms with Crippen LogP contribution in [0.4, 0.5) is 0 Å². The standard InChI is InChI=1S/C15H16N2OS/c1-3-18-14-12-9-10(2)19-15(12)17-13(16-14)11-7-5-4-6-8-11/h4-8,10H,3,9H2,1-2H3. The van der Waals surface area contributed by atoms with E-state index in [0.29, 0.717) is 11.9 Å². The minimum Gasteiger partial charge on any atom is -0.478 e. The van der Waals surface area contributed by atoms with Crippen molar-refractivity contribution in [3.05, 3.63) is 35.9 Å². The van der Waals surface area contributed by atoms with E-state index in [-0.39, 0.29) is 0 Å². The number of aromatic nitrogens is 2. The van der Waals surface area contributed by atoms with Crippen molar-refractivity contribution in [1.82, 2.24) is 9.97 Å². The summed E-state index contributed by atoms with van der Waals surface area (Å²) in [5, 5.41) is 1.62. The number of rotatable bonds is 3. The number of fused-ring (bicyclic) bond motifs is 1. The summed E-state index contributed by atoms with van der Waals surface area (Å²) in [4.78, 5) is 9.28. The Morgan fingerprint density at radius 3 is 2.79 bits per heavy atom. The first-order valence-electron chi connectivity index (χ1n) is 6.53. The Morgan fingerprint density at radius 2 is 2.05 bits per heavy atom. The second kappa shape index (κ2) is 5.21. The van der Waals surface area contributed by atoms with Gasteiger partial charge in [0, 0.05) is 16.4 Å². The van der Waals surface area contributed by atoms with Gasteiger partial charge in [-0.25, -0.2) is 4.98 Å². The summed E-state index contributed by atoms with van der Waals surface area (Å²) in [5.74, 6) is 1.51. The van der Waals surface area contributed by atoms with Gasteiger partial charge in [-0.2, -0.15) is 4.98 Å². The van der Waals surface area contributed by atoms with Gasteiger partial charge in [0.25, 0.3) is 0 Å². The molecule has 0 saturated carbocycles. The Balaban J connectivity index is 2.08. The van der Waals surface area contributed by atoms with Gasteiger partial charge in [0.1, 0.15) is 5.03 Å². The van der Waals surface area contributed by atoms with Gasteiger partial charge in [0.05, 0.1) is 6.61 Å². The number of benzene rings is 1. The summed E-state index contributed by atoms with van der Waals surface area (Å²) < 4.78 is 5.69. The molecule has 1 atom stereocenters. The maximum absolute atomic E-state index is 5.69. The van der Waals surface area contributed by atoms with Crippen molar-refractivity contribution in [3.8, 4) is 17.3 Å². The van der Waals surface area contributed by atoms with Crippen molar-refractivity contribution in [2.45, 2.75) is 30.5 Å². The predicted molar refractivity (Wildman–Crippen MR) is 77.7 cm³/mol. The van der Waals surface area contributed by atoms with E-state index in [9.17, 15) is 0 Å². The molecule has 98 valence electrons. The van der Waals surface area contributed by atoms with Crippen molar-refractivity contribution in [1.29, 1.82) is 0 Å². The van der Waals surface area contributed by atoms with Gasteiger partial charge in [-0.05, 0) is 13.3 Å². The molecule has 3 nitrogen and oxygen atoms in total. The SMILES string of the molecule is CCOc1nc(-c2ccccc2)nc2c1CC(C)S2. The van der Waals surface area contributed by atoms with Crippen LogP contribution in [0.1, 0.15) is 19.4 Å². The Bertz CT molecular complexity index is 586. The third kappa shape index (κ3) is 2.45. The maximum Gasteiger partial charge on any atom is 0.221 e. The van der Waals surface area contributed by atoms with E-state index in [0.717, 1.165) is 28.7 Å². The lowest BCUT2D eigenvalue weighted by Gasteiger charge is -2.09. The van der Waals surface area contributed by atoms with Crippen molar-refractivity contribution in [3.63, 3.8) is 0 Å². The van der Waals surface area contributed by atoms with Gasteiger partial charge in [-0.1, -0.05) is 37.3 Å². The van der Waals surface area contributed by atoms with E-state index in [1.54, 1.807) is 0 Å². The fourth-order valence-electron chi connectivity index (χ4n) is 2.21. The highest BCUT2D eigenvalue weighted by molar-refractivity contribution is 8.00. The first-order valence-corrected chi connectivity index (χ1v) is 7.41. The number of nitrogens with zero attached hydrogens (tertiary/aromatic N) is 2. The van der Waals surface area contributed by atoms with Crippen molar-refractivity contribution in [2.75, 3.05) is 6.61 Å². The normalized spacial score (nSPS) is 17.3. The summed E-state index contributed by atoms with van der Waals surface area (Å²) in [6.45, 7) is 4.84. The van der Waals surface area contributed by atoms with Crippen LogP contribution in [0.2, 0.25) is 0 Å². The van der Waals surface area contributed by atoms with Crippen LogP contribution in [-0.4, -0.2) is 21.8 Å². The Hall–Kier alpha value is -1.55. The summed E-state index contributed by atoms with van der Waals surface area (Å²) in [6, 6.07) is 10.1. The molecule has 0 fully saturated rings. The lowest BCUT2D eigenvalue weighted by Crippen LogP contribution is -2.03. The molecule has 0 N–H and O–H groups in total. The summed E-state index contributed by atoms with van der Waals surface area (Å²) >= 11 is 1.81. The van der Waals surface area contributed by atoms with Crippen molar-refractivity contribution >= 4 is 11.8 Å². The van der Waals surface area contributed by atoms with Gasteiger partial charge < -0.3 is 4.74 Å². The van der Waals surface area contributed by atoms with Crippen LogP contribution < -0.4 is 4.74 Å². The minimum atomic E-state index is 0.550. The van der Waals surface area contributed by atoms with Crippen molar-refractivity contribution in [2.24, 2.45) is 0 Å². The number of ether oxygens (including phenoxy) is 1. The Morgan fingerprint density at radius 1 is 1.26 bits per heavy atom. The zero-order valence-electron chi connectivity index (χ0n) is 11.1. The topological polar surface area (TPSA) is 35.0 Å². The fourth-order valence-corrected chi connectivity index (χ4v) is 3.29. The van der Waals surface area contributed by atoms with Crippen LogP contribution in [0.5, 0.6) is 5.88 Å². The van der Waals surface area contributed by atoms with Crippen molar-refractivity contribution < 1.29 is 4.74 Å². The second-order valence-electron chi connectivity index (χ2n) is 4.57. The Labute approximate surface area is 117 Å². The van der Waals surface area contributed by atoms with E-state index in [4.69, 9.17) is 4.74 Å². The first kappa shape index (κ1) is 12.5. The van der Waals surface area contributed by atoms with Crippen LogP contribution in [0.15, 0.2) is 35.4 Å². The second-order valence-corrected chi connectivity index (χ2v) is 5.99. The van der Waals surface area contributed by atoms with Gasteiger partial charge in [-0.3, -0.25) is 0 Å². The molecule has 0 spiro atoms. The van der Waals surface area contributed by atoms with E-state index >= 15 is 0 Å². The molecule has 0 amide bonds. The summed E-state index contributed by atoms with van der Waals surface area (Å²) in [5.41, 5.74) is 2.20. The largest absolute Gasteiger partial charge is 0.478 e. The van der Waals surface area contributed by atoms with Crippen LogP contribution >= 0.6 is 11.8 Å². The molecule has 0 saturated heterocycles. The molecule has 0 aliphatic carbocycles. The van der Waals surface area contributed by atoms with Gasteiger partial charge in [-0.15, -0.1) is 11.8 Å². The smallest absolute Gasteiger partial charge is 0.221 e. The molecular weight excluding hydrogens is 256 g/mol. The highest BCUT2D eigenvalue weighted by Gasteiger charge is 2.26. The molecule has 2 aromatic rings. The van der Waals surface area contributed by atoms with Gasteiger partial charge in [0.2, 0.25) is 5.88 Å². The number of thioether (sulfide) groups is 1. The highest BCUT2D eigenvalue weighted by Crippen LogP contribution is 2.40. The van der Waals surface area contributed by atoms with E-state index in [1.807, 2.05) is 49.0 Å². The molecule has 1 unspecified atom stereocenters. The van der Waals surface area contributed by atoms with Crippen LogP contribution in [-0.2, 0) is 6.42 Å². The quantitative estimate of drug-likeness (QED) is 0.800. The Kier molecular flexibility index (Phi) is 3.42. The van der Waals surface area contributed by atoms with Gasteiger partial charge >= 0.3 is 0 Å². The molecule has 0 radical (unpaired) electrons. The summed E-state index contributed by atoms with van der Waals surface area (Å²) in [7, 11) is 0. The minimum absolute atomic E-state index is 0.550. The first-order chi connectivity index (χ1) is 9.28. The van der Waals surface area contributed by atoms with Crippen LogP contribution in [0.25, 0.3) is 11.4 Å². The fraction of sp³-hybridized carbons (Fsp3) is 0.333. The molecular formula is C15H16N2OS. The molecule has 1 aliphatic heterocycles. The molecule has 1 aromatic heterocycles. The summed E-state index contributed by atoms with van der Waals surface area (Å²) in [6.07, 6.45) is 0.990. The molecule has 3 rings (SSSR count). The number of hydrogen-bond acceptors (Lipinski definition) is 4. The lowest BCUT2D eigenvalue weighted by atomic mass is 10.1. The highest BCUT2D eigenvalue weighted by atomic mass is 32.2. The zero-order valence-corrected chi connectivity index (χ0v) is 11.9. The molecule has 1 aromatic carbocycles. The van der Waals surface area contributed by atoms with E-state index < -0.39 is 0 Å². The predicted octanol–water partition coefficient (Wildman–Crippen LogP) is 3.58. The maximum atomic E-state index is 5.69. The molecule has 19 heavy (non-hydrogen) atoms. The molecule has 4 heteroatoms. The third-order valence-electron chi connectivity index (χ3n) is 3.05. The van der Waals surface area contributed by atoms with E-state index in [1.165, 1.54) is 5.56 Å². The average molecular weight is 272 g/mol.